The topological polar surface area (TPSA) is 89.6 Å². The van der Waals surface area contributed by atoms with E-state index >= 15 is 0 Å². The average Bonchev–Trinajstić information content (AvgIpc) is 2.71. The Morgan fingerprint density at radius 2 is 2.11 bits per heavy atom. The Kier molecular flexibility index (Phi) is 3.48. The molecule has 0 spiro atoms. The Morgan fingerprint density at radius 1 is 1.47 bits per heavy atom. The van der Waals surface area contributed by atoms with Gasteiger partial charge >= 0.3 is 0 Å². The molecule has 0 bridgehead atoms. The van der Waals surface area contributed by atoms with Gasteiger partial charge in [0.1, 0.15) is 0 Å². The van der Waals surface area contributed by atoms with E-state index in [-0.39, 0.29) is 5.91 Å². The number of hydrogen-bond donors (Lipinski definition) is 2. The summed E-state index contributed by atoms with van der Waals surface area (Å²) in [5.74, 6) is 0.290. The molecule has 3 N–H and O–H groups in total. The molecule has 2 aromatic heterocycles. The summed E-state index contributed by atoms with van der Waals surface area (Å²) in [5.41, 5.74) is 5.57. The summed E-state index contributed by atoms with van der Waals surface area (Å²) >= 11 is 5.20. The molecule has 0 aliphatic heterocycles. The fraction of sp³-hybridized carbons (Fsp3) is 0.333. The van der Waals surface area contributed by atoms with Crippen LogP contribution in [0.25, 0.3) is 11.4 Å². The van der Waals surface area contributed by atoms with Gasteiger partial charge in [-0.25, -0.2) is 0 Å². The predicted octanol–water partition coefficient (Wildman–Crippen LogP) is 1.51. The summed E-state index contributed by atoms with van der Waals surface area (Å²) in [4.78, 5) is 15.4. The van der Waals surface area contributed by atoms with E-state index in [0.717, 1.165) is 5.56 Å². The van der Waals surface area contributed by atoms with Gasteiger partial charge in [0.15, 0.2) is 10.6 Å². The number of primary amides is 1. The summed E-state index contributed by atoms with van der Waals surface area (Å²) in [6.07, 6.45) is 3.35. The van der Waals surface area contributed by atoms with Gasteiger partial charge in [0.25, 0.3) is 0 Å². The highest BCUT2D eigenvalue weighted by Crippen LogP contribution is 2.22. The molecule has 1 amide bonds. The van der Waals surface area contributed by atoms with Crippen molar-refractivity contribution in [1.29, 1.82) is 0 Å². The highest BCUT2D eigenvalue weighted by molar-refractivity contribution is 7.71. The summed E-state index contributed by atoms with van der Waals surface area (Å²) in [6.45, 7) is 3.93. The SMILES string of the molecule is CC(C)(Cn1c(-c2ccncc2)n[nH]c1=S)C(N)=O. The maximum atomic E-state index is 11.4. The number of hydrogen-bond acceptors (Lipinski definition) is 4. The van der Waals surface area contributed by atoms with Gasteiger partial charge in [-0.2, -0.15) is 5.10 Å². The van der Waals surface area contributed by atoms with E-state index in [9.17, 15) is 4.79 Å². The number of rotatable bonds is 4. The van der Waals surface area contributed by atoms with Gasteiger partial charge in [-0.05, 0) is 38.2 Å². The minimum absolute atomic E-state index is 0.370. The van der Waals surface area contributed by atoms with Crippen molar-refractivity contribution in [3.05, 3.63) is 29.3 Å². The first-order valence-electron chi connectivity index (χ1n) is 5.77. The monoisotopic (exact) mass is 277 g/mol. The average molecular weight is 277 g/mol. The molecule has 0 unspecified atom stereocenters. The Labute approximate surface area is 115 Å². The van der Waals surface area contributed by atoms with E-state index in [1.54, 1.807) is 30.8 Å². The highest BCUT2D eigenvalue weighted by Gasteiger charge is 2.27. The molecule has 2 aromatic rings. The second kappa shape index (κ2) is 4.93. The Balaban J connectivity index is 2.45. The van der Waals surface area contributed by atoms with Crippen LogP contribution >= 0.6 is 12.2 Å². The number of nitrogens with one attached hydrogen (secondary N) is 1. The number of nitrogens with zero attached hydrogens (tertiary/aromatic N) is 3. The first-order chi connectivity index (χ1) is 8.92. The van der Waals surface area contributed by atoms with E-state index in [0.29, 0.717) is 17.1 Å². The molecular formula is C12H15N5OS. The van der Waals surface area contributed by atoms with Crippen molar-refractivity contribution < 1.29 is 4.79 Å². The fourth-order valence-corrected chi connectivity index (χ4v) is 1.86. The van der Waals surface area contributed by atoms with Crippen LogP contribution in [0.2, 0.25) is 0 Å². The Morgan fingerprint density at radius 3 is 2.68 bits per heavy atom. The van der Waals surface area contributed by atoms with Crippen molar-refractivity contribution in [2.45, 2.75) is 20.4 Å². The first kappa shape index (κ1) is 13.4. The molecule has 100 valence electrons. The largest absolute Gasteiger partial charge is 0.369 e. The van der Waals surface area contributed by atoms with Crippen LogP contribution in [-0.2, 0) is 11.3 Å². The molecule has 0 atom stereocenters. The smallest absolute Gasteiger partial charge is 0.224 e. The van der Waals surface area contributed by atoms with Gasteiger partial charge in [-0.15, -0.1) is 0 Å². The van der Waals surface area contributed by atoms with E-state index in [2.05, 4.69) is 15.2 Å². The lowest BCUT2D eigenvalue weighted by atomic mass is 9.92. The van der Waals surface area contributed by atoms with Gasteiger partial charge in [-0.3, -0.25) is 19.4 Å². The van der Waals surface area contributed by atoms with E-state index in [1.807, 2.05) is 12.1 Å². The van der Waals surface area contributed by atoms with Crippen molar-refractivity contribution in [3.8, 4) is 11.4 Å². The van der Waals surface area contributed by atoms with Crippen molar-refractivity contribution in [3.63, 3.8) is 0 Å². The second-order valence-electron chi connectivity index (χ2n) is 4.92. The summed E-state index contributed by atoms with van der Waals surface area (Å²) in [5, 5.41) is 6.94. The number of pyridine rings is 1. The molecule has 2 heterocycles. The minimum Gasteiger partial charge on any atom is -0.369 e. The fourth-order valence-electron chi connectivity index (χ4n) is 1.66. The third-order valence-corrected chi connectivity index (χ3v) is 3.23. The third kappa shape index (κ3) is 2.70. The normalized spacial score (nSPS) is 11.5. The van der Waals surface area contributed by atoms with Crippen molar-refractivity contribution in [2.75, 3.05) is 0 Å². The van der Waals surface area contributed by atoms with Crippen LogP contribution in [0.5, 0.6) is 0 Å². The standard InChI is InChI=1S/C12H15N5OS/c1-12(2,10(13)18)7-17-9(15-16-11(17)19)8-3-5-14-6-4-8/h3-6H,7H2,1-2H3,(H2,13,18)(H,16,19). The molecular weight excluding hydrogens is 262 g/mol. The molecule has 2 rings (SSSR count). The quantitative estimate of drug-likeness (QED) is 0.829. The van der Waals surface area contributed by atoms with Gasteiger partial charge in [0.2, 0.25) is 5.91 Å². The van der Waals surface area contributed by atoms with Crippen molar-refractivity contribution >= 4 is 18.1 Å². The molecule has 0 saturated heterocycles. The highest BCUT2D eigenvalue weighted by atomic mass is 32.1. The number of carbonyl (C=O) groups is 1. The molecule has 19 heavy (non-hydrogen) atoms. The lowest BCUT2D eigenvalue weighted by Gasteiger charge is -2.21. The maximum absolute atomic E-state index is 11.4. The molecule has 7 heteroatoms. The number of H-pyrrole nitrogens is 1. The molecule has 0 saturated carbocycles. The van der Waals surface area contributed by atoms with Crippen molar-refractivity contribution in [2.24, 2.45) is 11.1 Å². The Hall–Kier alpha value is -2.02. The minimum atomic E-state index is -0.704. The Bertz CT molecular complexity index is 644. The first-order valence-corrected chi connectivity index (χ1v) is 6.18. The number of nitrogens with two attached hydrogens (primary N) is 1. The summed E-state index contributed by atoms with van der Waals surface area (Å²) in [7, 11) is 0. The van der Waals surface area contributed by atoms with Crippen LogP contribution in [0.1, 0.15) is 13.8 Å². The van der Waals surface area contributed by atoms with E-state index in [1.165, 1.54) is 0 Å². The zero-order chi connectivity index (χ0) is 14.0. The van der Waals surface area contributed by atoms with Crippen LogP contribution in [-0.4, -0.2) is 25.7 Å². The zero-order valence-corrected chi connectivity index (χ0v) is 11.6. The van der Waals surface area contributed by atoms with E-state index in [4.69, 9.17) is 18.0 Å². The lowest BCUT2D eigenvalue weighted by molar-refractivity contribution is -0.126. The number of aromatic amines is 1. The molecule has 6 nitrogen and oxygen atoms in total. The zero-order valence-electron chi connectivity index (χ0n) is 10.8. The summed E-state index contributed by atoms with van der Waals surface area (Å²) in [6, 6.07) is 3.66. The van der Waals surface area contributed by atoms with Crippen molar-refractivity contribution in [1.82, 2.24) is 19.7 Å². The van der Waals surface area contributed by atoms with Crippen LogP contribution in [0.15, 0.2) is 24.5 Å². The molecule has 0 aromatic carbocycles. The molecule has 0 aliphatic carbocycles. The van der Waals surface area contributed by atoms with E-state index < -0.39 is 5.41 Å². The molecule has 0 radical (unpaired) electrons. The number of aromatic nitrogens is 4. The number of carbonyl (C=O) groups excluding carboxylic acids is 1. The second-order valence-corrected chi connectivity index (χ2v) is 5.31. The van der Waals surface area contributed by atoms with Gasteiger partial charge < -0.3 is 5.73 Å². The van der Waals surface area contributed by atoms with Crippen LogP contribution in [0.3, 0.4) is 0 Å². The summed E-state index contributed by atoms with van der Waals surface area (Å²) < 4.78 is 2.23. The van der Waals surface area contributed by atoms with Gasteiger partial charge in [-0.1, -0.05) is 0 Å². The van der Waals surface area contributed by atoms with Crippen LogP contribution in [0, 0.1) is 10.2 Å². The third-order valence-electron chi connectivity index (χ3n) is 2.92. The van der Waals surface area contributed by atoms with Crippen LogP contribution < -0.4 is 5.73 Å². The van der Waals surface area contributed by atoms with Gasteiger partial charge in [0.05, 0.1) is 5.41 Å². The maximum Gasteiger partial charge on any atom is 0.224 e. The molecule has 0 fully saturated rings. The molecule has 0 aliphatic rings. The lowest BCUT2D eigenvalue weighted by Crippen LogP contribution is -2.35. The number of amides is 1. The predicted molar refractivity (Wildman–Crippen MR) is 73.6 cm³/mol. The van der Waals surface area contributed by atoms with Crippen LogP contribution in [0.4, 0.5) is 0 Å². The van der Waals surface area contributed by atoms with Gasteiger partial charge in [0, 0.05) is 24.5 Å².